The lowest BCUT2D eigenvalue weighted by Crippen LogP contribution is -2.02. The second kappa shape index (κ2) is 17.8. The van der Waals surface area contributed by atoms with Crippen LogP contribution in [-0.4, -0.2) is 59.4 Å². The van der Waals surface area contributed by atoms with E-state index in [1.807, 2.05) is 22.6 Å². The molecular weight excluding hydrogens is 1100 g/mol. The largest absolute Gasteiger partial charge is 0.507 e. The summed E-state index contributed by atoms with van der Waals surface area (Å²) in [5.74, 6) is -2.91. The highest BCUT2D eigenvalue weighted by molar-refractivity contribution is 14.1. The van der Waals surface area contributed by atoms with Gasteiger partial charge in [0.25, 0.3) is 0 Å². The van der Waals surface area contributed by atoms with Gasteiger partial charge in [-0.15, -0.1) is 0 Å². The molecule has 0 saturated heterocycles. The number of carboxylic acid groups (broad SMARTS) is 1. The number of carbonyl (C=O) groups is 3. The van der Waals surface area contributed by atoms with Crippen LogP contribution < -0.4 is 4.74 Å². The van der Waals surface area contributed by atoms with Crippen LogP contribution in [0.15, 0.2) is 42.5 Å². The van der Waals surface area contributed by atoms with E-state index >= 15 is 0 Å². The summed E-state index contributed by atoms with van der Waals surface area (Å²) >= 11 is 6.28. The first-order valence-corrected chi connectivity index (χ1v) is 21.1. The number of phenolic OH excluding ortho intramolecular Hbond substituents is 7. The second-order valence-electron chi connectivity index (χ2n) is 14.4. The molecule has 0 unspecified atom stereocenters. The number of aryl methyl sites for hydroxylation is 2. The van der Waals surface area contributed by atoms with Crippen molar-refractivity contribution in [2.24, 2.45) is 0 Å². The number of hydrogen-bond donors (Lipinski definition) is 8. The Morgan fingerprint density at radius 3 is 1.41 bits per heavy atom. The highest BCUT2D eigenvalue weighted by Crippen LogP contribution is 2.54. The molecule has 6 aromatic carbocycles. The molecule has 0 aliphatic carbocycles. The van der Waals surface area contributed by atoms with Gasteiger partial charge in [-0.1, -0.05) is 39.8 Å². The molecule has 0 radical (unpaired) electrons. The van der Waals surface area contributed by atoms with Crippen molar-refractivity contribution in [3.8, 4) is 62.9 Å². The molecule has 15 heteroatoms. The maximum Gasteiger partial charge on any atom is 0.307 e. The summed E-state index contributed by atoms with van der Waals surface area (Å²) in [4.78, 5) is 34.8. The summed E-state index contributed by atoms with van der Waals surface area (Å²) in [5.41, 5.74) is 2.07. The van der Waals surface area contributed by atoms with Crippen molar-refractivity contribution in [2.75, 3.05) is 0 Å². The SMILES string of the molecule is Cc1cc2c(C(C)C)c(O)c(O)c(C=O)c2c(O)c1-c1c(C)cc2c(C(C)C)c(O)c(O)c(C=O)c2c1O.O=C(O)Cc1cc(I)c(Oc2ccc(O)c(I)c2)c(I)c1. The number of ether oxygens (including phenoxy) is 1. The van der Waals surface area contributed by atoms with Gasteiger partial charge >= 0.3 is 5.97 Å². The van der Waals surface area contributed by atoms with Crippen LogP contribution in [0.25, 0.3) is 32.7 Å². The van der Waals surface area contributed by atoms with Crippen LogP contribution in [0.2, 0.25) is 0 Å². The van der Waals surface area contributed by atoms with E-state index in [4.69, 9.17) is 9.84 Å². The first-order valence-electron chi connectivity index (χ1n) is 17.9. The van der Waals surface area contributed by atoms with Gasteiger partial charge in [0.05, 0.1) is 28.3 Å². The van der Waals surface area contributed by atoms with E-state index < -0.39 is 40.5 Å². The van der Waals surface area contributed by atoms with Crippen LogP contribution in [0.3, 0.4) is 0 Å². The van der Waals surface area contributed by atoms with Gasteiger partial charge in [-0.3, -0.25) is 14.4 Å². The molecule has 0 aliphatic rings. The highest BCUT2D eigenvalue weighted by Gasteiger charge is 2.30. The number of fused-ring (bicyclic) bond motifs is 2. The van der Waals surface area contributed by atoms with Crippen molar-refractivity contribution in [3.63, 3.8) is 0 Å². The molecule has 0 amide bonds. The maximum absolute atomic E-state index is 12.0. The first-order chi connectivity index (χ1) is 27.7. The van der Waals surface area contributed by atoms with Crippen LogP contribution in [0, 0.1) is 24.6 Å². The Balaban J connectivity index is 0.000000266. The fourth-order valence-corrected chi connectivity index (χ4v) is 9.86. The topological polar surface area (TPSA) is 222 Å². The number of benzene rings is 6. The molecule has 0 aliphatic heterocycles. The molecule has 6 aromatic rings. The standard InChI is InChI=1S/C30H30O8.C14H9I3O4/c1-11(2)19-15-7-13(5)21(27(35)23(15)17(9-31)25(33)29(19)37)22-14(6)8-16-20(12(3)4)30(38)26(34)18(10-32)24(16)28(22)36;15-9-6-8(1-2-12(9)18)21-14-10(16)3-7(4-11(14)17)5-13(19)20/h7-12,33-38H,1-6H3;1-4,6,18H,5H2,(H,19,20). The van der Waals surface area contributed by atoms with Gasteiger partial charge in [-0.25, -0.2) is 0 Å². The number of aromatic hydroxyl groups is 7. The van der Waals surface area contributed by atoms with E-state index in [1.54, 1.807) is 84.0 Å². The molecule has 0 heterocycles. The Kier molecular flexibility index (Phi) is 13.7. The van der Waals surface area contributed by atoms with Crippen LogP contribution in [0.1, 0.15) is 88.1 Å². The summed E-state index contributed by atoms with van der Waals surface area (Å²) in [5, 5.41) is 84.7. The van der Waals surface area contributed by atoms with Gasteiger partial charge in [0.1, 0.15) is 23.0 Å². The lowest BCUT2D eigenvalue weighted by molar-refractivity contribution is -0.136. The van der Waals surface area contributed by atoms with E-state index in [9.17, 15) is 50.1 Å². The summed E-state index contributed by atoms with van der Waals surface area (Å²) in [7, 11) is 0. The number of aldehydes is 2. The molecule has 59 heavy (non-hydrogen) atoms. The quantitative estimate of drug-likeness (QED) is 0.0385. The lowest BCUT2D eigenvalue weighted by Gasteiger charge is -2.23. The third-order valence-corrected chi connectivity index (χ3v) is 12.2. The van der Waals surface area contributed by atoms with Crippen LogP contribution in [0.4, 0.5) is 0 Å². The van der Waals surface area contributed by atoms with Crippen molar-refractivity contribution < 1.29 is 60.0 Å². The molecule has 0 fully saturated rings. The van der Waals surface area contributed by atoms with Crippen molar-refractivity contribution in [2.45, 2.75) is 59.8 Å². The normalized spacial score (nSPS) is 11.2. The molecule has 0 atom stereocenters. The third kappa shape index (κ3) is 8.50. The van der Waals surface area contributed by atoms with Gasteiger partial charge < -0.3 is 45.6 Å². The van der Waals surface area contributed by atoms with E-state index in [0.717, 1.165) is 12.7 Å². The predicted octanol–water partition coefficient (Wildman–Crippen LogP) is 11.0. The van der Waals surface area contributed by atoms with Gasteiger partial charge in [0, 0.05) is 33.0 Å². The van der Waals surface area contributed by atoms with Gasteiger partial charge in [0.15, 0.2) is 41.3 Å². The fourth-order valence-electron chi connectivity index (χ4n) is 7.26. The Morgan fingerprint density at radius 2 is 1.05 bits per heavy atom. The number of phenols is 7. The van der Waals surface area contributed by atoms with E-state index in [2.05, 4.69) is 45.2 Å². The zero-order chi connectivity index (χ0) is 43.9. The highest BCUT2D eigenvalue weighted by atomic mass is 127. The summed E-state index contributed by atoms with van der Waals surface area (Å²) < 4.78 is 8.26. The number of carboxylic acids is 1. The third-order valence-electron chi connectivity index (χ3n) is 9.78. The Morgan fingerprint density at radius 1 is 0.627 bits per heavy atom. The summed E-state index contributed by atoms with van der Waals surface area (Å²) in [6.07, 6.45) is 0.671. The van der Waals surface area contributed by atoms with Crippen LogP contribution >= 0.6 is 67.8 Å². The molecule has 12 nitrogen and oxygen atoms in total. The van der Waals surface area contributed by atoms with E-state index in [1.165, 1.54) is 0 Å². The van der Waals surface area contributed by atoms with Crippen molar-refractivity contribution in [1.82, 2.24) is 0 Å². The van der Waals surface area contributed by atoms with E-state index in [-0.39, 0.29) is 57.0 Å². The molecule has 308 valence electrons. The molecule has 0 saturated carbocycles. The number of rotatable bonds is 9. The van der Waals surface area contributed by atoms with Gasteiger partial charge in [-0.2, -0.15) is 0 Å². The molecule has 0 spiro atoms. The smallest absolute Gasteiger partial charge is 0.307 e. The zero-order valence-electron chi connectivity index (χ0n) is 32.4. The zero-order valence-corrected chi connectivity index (χ0v) is 38.9. The minimum absolute atomic E-state index is 0.00512. The van der Waals surface area contributed by atoms with Crippen molar-refractivity contribution in [1.29, 1.82) is 0 Å². The first kappa shape index (κ1) is 45.3. The molecule has 0 bridgehead atoms. The minimum atomic E-state index is -0.858. The number of halogens is 3. The predicted molar refractivity (Wildman–Crippen MR) is 249 cm³/mol. The minimum Gasteiger partial charge on any atom is -0.507 e. The number of hydrogen-bond acceptors (Lipinski definition) is 11. The summed E-state index contributed by atoms with van der Waals surface area (Å²) in [6, 6.07) is 11.9. The monoisotopic (exact) mass is 1140 g/mol. The average Bonchev–Trinajstić information content (AvgIpc) is 3.14. The second-order valence-corrected chi connectivity index (χ2v) is 17.9. The maximum atomic E-state index is 12.0. The molecule has 0 aromatic heterocycles. The summed E-state index contributed by atoms with van der Waals surface area (Å²) in [6.45, 7) is 10.5. The Labute approximate surface area is 379 Å². The van der Waals surface area contributed by atoms with Crippen molar-refractivity contribution in [3.05, 3.63) is 92.1 Å². The van der Waals surface area contributed by atoms with Crippen LogP contribution in [0.5, 0.6) is 51.7 Å². The molecule has 8 N–H and O–H groups in total. The number of aliphatic carboxylic acids is 1. The van der Waals surface area contributed by atoms with Gasteiger partial charge in [-0.05, 0) is 151 Å². The lowest BCUT2D eigenvalue weighted by atomic mass is 9.83. The van der Waals surface area contributed by atoms with E-state index in [0.29, 0.717) is 60.7 Å². The molecule has 6 rings (SSSR count). The Bertz CT molecular complexity index is 2570. The fraction of sp³-hybridized carbons (Fsp3) is 0.205. The van der Waals surface area contributed by atoms with Crippen LogP contribution in [-0.2, 0) is 11.2 Å². The van der Waals surface area contributed by atoms with Crippen molar-refractivity contribution >= 4 is 108 Å². The van der Waals surface area contributed by atoms with Gasteiger partial charge in [0.2, 0.25) is 0 Å². The Hall–Kier alpha value is -4.76. The average molecular weight is 1140 g/mol. The number of carbonyl (C=O) groups excluding carboxylic acids is 2. The molecular formula is C44H39I3O12.